The predicted octanol–water partition coefficient (Wildman–Crippen LogP) is 2.50. The molecular weight excluding hydrogens is 314 g/mol. The highest BCUT2D eigenvalue weighted by Crippen LogP contribution is 2.28. The summed E-state index contributed by atoms with van der Waals surface area (Å²) in [6.45, 7) is 0.566. The molecule has 1 aromatic rings. The first-order valence-electron chi connectivity index (χ1n) is 6.06. The monoisotopic (exact) mass is 329 g/mol. The fourth-order valence-electron chi connectivity index (χ4n) is 2.08. The van der Waals surface area contributed by atoms with Gasteiger partial charge in [0, 0.05) is 11.0 Å². The normalized spacial score (nSPS) is 22.2. The van der Waals surface area contributed by atoms with Crippen LogP contribution in [0.1, 0.15) is 12.8 Å². The second kappa shape index (κ2) is 6.25. The van der Waals surface area contributed by atoms with Crippen LogP contribution in [0.5, 0.6) is 5.75 Å². The summed E-state index contributed by atoms with van der Waals surface area (Å²) < 4.78 is 11.6. The van der Waals surface area contributed by atoms with E-state index >= 15 is 0 Å². The van der Waals surface area contributed by atoms with Crippen molar-refractivity contribution in [2.45, 2.75) is 25.0 Å². The maximum absolute atomic E-state index is 10.8. The number of carbonyl (C=O) groups is 1. The fraction of sp³-hybridized carbons (Fsp3) is 0.462. The second-order valence-corrected chi connectivity index (χ2v) is 5.30. The van der Waals surface area contributed by atoms with Gasteiger partial charge in [0.15, 0.2) is 6.10 Å². The number of rotatable bonds is 5. The number of nitrogens with one attached hydrogen (secondary N) is 1. The Bertz CT molecular complexity index is 466. The van der Waals surface area contributed by atoms with Gasteiger partial charge in [0.1, 0.15) is 5.75 Å². The molecule has 104 valence electrons. The topological polar surface area (TPSA) is 67.8 Å². The predicted molar refractivity (Wildman–Crippen MR) is 74.7 cm³/mol. The first-order chi connectivity index (χ1) is 9.10. The SMILES string of the molecule is COc1ccc(Br)cc1NCC1CCC(C(=O)O)O1. The van der Waals surface area contributed by atoms with Gasteiger partial charge >= 0.3 is 5.97 Å². The number of hydrogen-bond acceptors (Lipinski definition) is 4. The molecule has 0 aromatic heterocycles. The van der Waals surface area contributed by atoms with Gasteiger partial charge in [0.05, 0.1) is 18.9 Å². The number of anilines is 1. The number of carboxylic acid groups (broad SMARTS) is 1. The molecule has 0 aliphatic carbocycles. The molecule has 1 saturated heterocycles. The van der Waals surface area contributed by atoms with E-state index in [9.17, 15) is 4.79 Å². The Kier molecular flexibility index (Phi) is 4.66. The minimum atomic E-state index is -0.887. The lowest BCUT2D eigenvalue weighted by atomic mass is 10.2. The molecule has 19 heavy (non-hydrogen) atoms. The van der Waals surface area contributed by atoms with E-state index in [-0.39, 0.29) is 6.10 Å². The number of hydrogen-bond donors (Lipinski definition) is 2. The molecule has 6 heteroatoms. The van der Waals surface area contributed by atoms with E-state index < -0.39 is 12.1 Å². The fourth-order valence-corrected chi connectivity index (χ4v) is 2.44. The summed E-state index contributed by atoms with van der Waals surface area (Å²) in [4.78, 5) is 10.8. The van der Waals surface area contributed by atoms with Crippen molar-refractivity contribution < 1.29 is 19.4 Å². The Hall–Kier alpha value is -1.27. The zero-order valence-corrected chi connectivity index (χ0v) is 12.1. The molecule has 2 rings (SSSR count). The van der Waals surface area contributed by atoms with E-state index in [0.717, 1.165) is 22.3 Å². The zero-order valence-electron chi connectivity index (χ0n) is 10.6. The van der Waals surface area contributed by atoms with E-state index in [4.69, 9.17) is 14.6 Å². The average molecular weight is 330 g/mol. The third-order valence-electron chi connectivity index (χ3n) is 3.06. The van der Waals surface area contributed by atoms with E-state index in [1.807, 2.05) is 18.2 Å². The van der Waals surface area contributed by atoms with Crippen LogP contribution in [0.25, 0.3) is 0 Å². The van der Waals surface area contributed by atoms with Crippen LogP contribution < -0.4 is 10.1 Å². The Morgan fingerprint density at radius 3 is 3.00 bits per heavy atom. The summed E-state index contributed by atoms with van der Waals surface area (Å²) in [7, 11) is 1.61. The van der Waals surface area contributed by atoms with Gasteiger partial charge < -0.3 is 19.9 Å². The van der Waals surface area contributed by atoms with Gasteiger partial charge in [-0.1, -0.05) is 15.9 Å². The highest BCUT2D eigenvalue weighted by Gasteiger charge is 2.30. The van der Waals surface area contributed by atoms with Crippen LogP contribution in [0.2, 0.25) is 0 Å². The minimum absolute atomic E-state index is 0.0789. The van der Waals surface area contributed by atoms with E-state index in [1.54, 1.807) is 7.11 Å². The zero-order chi connectivity index (χ0) is 13.8. The van der Waals surface area contributed by atoms with Gasteiger partial charge in [0.2, 0.25) is 0 Å². The quantitative estimate of drug-likeness (QED) is 0.868. The number of methoxy groups -OCH3 is 1. The molecule has 2 unspecified atom stereocenters. The Morgan fingerprint density at radius 2 is 2.37 bits per heavy atom. The van der Waals surface area contributed by atoms with Crippen molar-refractivity contribution in [1.29, 1.82) is 0 Å². The van der Waals surface area contributed by atoms with Crippen molar-refractivity contribution in [2.24, 2.45) is 0 Å². The van der Waals surface area contributed by atoms with Crippen LogP contribution in [0.4, 0.5) is 5.69 Å². The van der Waals surface area contributed by atoms with Crippen LogP contribution in [-0.2, 0) is 9.53 Å². The van der Waals surface area contributed by atoms with Gasteiger partial charge in [-0.3, -0.25) is 0 Å². The van der Waals surface area contributed by atoms with E-state index in [2.05, 4.69) is 21.2 Å². The number of aliphatic carboxylic acids is 1. The molecule has 0 radical (unpaired) electrons. The van der Waals surface area contributed by atoms with Crippen molar-refractivity contribution >= 4 is 27.6 Å². The van der Waals surface area contributed by atoms with Gasteiger partial charge in [-0.05, 0) is 31.0 Å². The number of carboxylic acids is 1. The second-order valence-electron chi connectivity index (χ2n) is 4.39. The third-order valence-corrected chi connectivity index (χ3v) is 3.56. The molecule has 1 aliphatic heterocycles. The van der Waals surface area contributed by atoms with Crippen LogP contribution in [0.15, 0.2) is 22.7 Å². The highest BCUT2D eigenvalue weighted by molar-refractivity contribution is 9.10. The van der Waals surface area contributed by atoms with Gasteiger partial charge in [-0.15, -0.1) is 0 Å². The first-order valence-corrected chi connectivity index (χ1v) is 6.85. The van der Waals surface area contributed by atoms with Crippen molar-refractivity contribution in [3.05, 3.63) is 22.7 Å². The molecule has 1 aromatic carbocycles. The maximum Gasteiger partial charge on any atom is 0.332 e. The molecule has 2 N–H and O–H groups in total. The lowest BCUT2D eigenvalue weighted by Gasteiger charge is -2.15. The summed E-state index contributed by atoms with van der Waals surface area (Å²) in [5.41, 5.74) is 0.860. The third kappa shape index (κ3) is 3.61. The number of ether oxygens (including phenoxy) is 2. The van der Waals surface area contributed by atoms with Gasteiger partial charge in [0.25, 0.3) is 0 Å². The lowest BCUT2D eigenvalue weighted by Crippen LogP contribution is -2.24. The molecule has 5 nitrogen and oxygen atoms in total. The Labute approximate surface area is 120 Å². The van der Waals surface area contributed by atoms with Crippen molar-refractivity contribution in [2.75, 3.05) is 19.0 Å². The van der Waals surface area contributed by atoms with E-state index in [0.29, 0.717) is 13.0 Å². The van der Waals surface area contributed by atoms with Crippen molar-refractivity contribution in [1.82, 2.24) is 0 Å². The maximum atomic E-state index is 10.8. The Morgan fingerprint density at radius 1 is 1.58 bits per heavy atom. The summed E-state index contributed by atoms with van der Waals surface area (Å²) in [6, 6.07) is 5.68. The van der Waals surface area contributed by atoms with Crippen LogP contribution in [-0.4, -0.2) is 36.9 Å². The largest absolute Gasteiger partial charge is 0.495 e. The average Bonchev–Trinajstić information content (AvgIpc) is 2.85. The first kappa shape index (κ1) is 14.1. The van der Waals surface area contributed by atoms with Gasteiger partial charge in [-0.25, -0.2) is 4.79 Å². The minimum Gasteiger partial charge on any atom is -0.495 e. The molecule has 2 atom stereocenters. The summed E-state index contributed by atoms with van der Waals surface area (Å²) in [5.74, 6) is -0.140. The van der Waals surface area contributed by atoms with Crippen molar-refractivity contribution in [3.8, 4) is 5.75 Å². The molecule has 0 spiro atoms. The summed E-state index contributed by atoms with van der Waals surface area (Å²) >= 11 is 3.40. The smallest absolute Gasteiger partial charge is 0.332 e. The molecule has 0 saturated carbocycles. The number of halogens is 1. The van der Waals surface area contributed by atoms with Gasteiger partial charge in [-0.2, -0.15) is 0 Å². The van der Waals surface area contributed by atoms with E-state index in [1.165, 1.54) is 0 Å². The molecule has 1 fully saturated rings. The van der Waals surface area contributed by atoms with Crippen molar-refractivity contribution in [3.63, 3.8) is 0 Å². The summed E-state index contributed by atoms with van der Waals surface area (Å²) in [5, 5.41) is 12.1. The molecule has 1 aliphatic rings. The Balaban J connectivity index is 1.92. The summed E-state index contributed by atoms with van der Waals surface area (Å²) in [6.07, 6.45) is 0.568. The lowest BCUT2D eigenvalue weighted by molar-refractivity contribution is -0.149. The van der Waals surface area contributed by atoms with Crippen LogP contribution in [0.3, 0.4) is 0 Å². The number of benzene rings is 1. The molecule has 0 amide bonds. The molecular formula is C13H16BrNO4. The highest BCUT2D eigenvalue weighted by atomic mass is 79.9. The molecule has 0 bridgehead atoms. The van der Waals surface area contributed by atoms with Crippen LogP contribution >= 0.6 is 15.9 Å². The van der Waals surface area contributed by atoms with Crippen LogP contribution in [0, 0.1) is 0 Å². The standard InChI is InChI=1S/C13H16BrNO4/c1-18-11-4-2-8(14)6-10(11)15-7-9-3-5-12(19-9)13(16)17/h2,4,6,9,12,15H,3,5,7H2,1H3,(H,16,17). The molecule has 1 heterocycles.